The van der Waals surface area contributed by atoms with Gasteiger partial charge in [0, 0.05) is 53.3 Å². The van der Waals surface area contributed by atoms with Crippen molar-refractivity contribution in [1.29, 1.82) is 0 Å². The molecule has 7 aromatic carbocycles. The van der Waals surface area contributed by atoms with Crippen molar-refractivity contribution in [2.45, 2.75) is 44.4 Å². The van der Waals surface area contributed by atoms with E-state index in [-0.39, 0.29) is 11.5 Å². The van der Waals surface area contributed by atoms with E-state index in [4.69, 9.17) is 0 Å². The quantitative estimate of drug-likeness (QED) is 0.178. The van der Waals surface area contributed by atoms with Gasteiger partial charge in [0.2, 0.25) is 0 Å². The summed E-state index contributed by atoms with van der Waals surface area (Å²) >= 11 is 0. The van der Waals surface area contributed by atoms with Crippen molar-refractivity contribution >= 4 is 43.2 Å². The zero-order valence-electron chi connectivity index (χ0n) is 29.6. The second-order valence-electron chi connectivity index (χ2n) is 14.7. The average Bonchev–Trinajstić information content (AvgIpc) is 3.69. The number of anilines is 2. The molecule has 8 aromatic rings. The summed E-state index contributed by atoms with van der Waals surface area (Å²) < 4.78 is 2.46. The van der Waals surface area contributed by atoms with Crippen LogP contribution in [0.1, 0.15) is 29.5 Å². The number of allylic oxidation sites excluding steroid dienone is 2. The second-order valence-corrected chi connectivity index (χ2v) is 17.8. The largest absolute Gasteiger partial charge is 0.331 e. The highest BCUT2D eigenvalue weighted by Gasteiger charge is 2.47. The van der Waals surface area contributed by atoms with Crippen LogP contribution < -0.4 is 4.90 Å². The van der Waals surface area contributed by atoms with Crippen LogP contribution in [0.15, 0.2) is 214 Å². The van der Waals surface area contributed by atoms with Gasteiger partial charge in [-0.05, 0) is 96.8 Å². The predicted octanol–water partition coefficient (Wildman–Crippen LogP) is 13.1. The maximum atomic E-state index is 2.60. The maximum Gasteiger partial charge on any atom is 0.0712 e. The smallest absolute Gasteiger partial charge is 0.0712 e. The van der Waals surface area contributed by atoms with E-state index in [1.807, 2.05) is 0 Å². The number of rotatable bonds is 4. The second kappa shape index (κ2) is 11.5. The van der Waals surface area contributed by atoms with Crippen molar-refractivity contribution in [3.05, 3.63) is 211 Å². The number of aromatic nitrogens is 1. The zero-order chi connectivity index (χ0) is 35.1. The molecule has 0 amide bonds. The Bertz CT molecular complexity index is 2720. The molecule has 2 nitrogen and oxygen atoms in total. The molecule has 3 heterocycles. The third-order valence-electron chi connectivity index (χ3n) is 11.9. The molecule has 0 bridgehead atoms. The molecule has 1 aromatic heterocycles. The minimum absolute atomic E-state index is 0.210. The van der Waals surface area contributed by atoms with Crippen molar-refractivity contribution in [2.75, 3.05) is 4.90 Å². The molecule has 1 aliphatic carbocycles. The van der Waals surface area contributed by atoms with Gasteiger partial charge in [0.1, 0.15) is 0 Å². The number of para-hydroxylation sites is 3. The number of hydrogen-bond donors (Lipinski definition) is 0. The topological polar surface area (TPSA) is 8.17 Å². The van der Waals surface area contributed by atoms with Crippen LogP contribution in [0.3, 0.4) is 0 Å². The van der Waals surface area contributed by atoms with Gasteiger partial charge < -0.3 is 9.47 Å². The van der Waals surface area contributed by atoms with Gasteiger partial charge in [0.25, 0.3) is 0 Å². The molecule has 2 atom stereocenters. The number of fused-ring (bicyclic) bond motifs is 8. The van der Waals surface area contributed by atoms with E-state index >= 15 is 0 Å². The van der Waals surface area contributed by atoms with E-state index in [0.29, 0.717) is 0 Å². The number of nitrogens with zero attached hydrogens (tertiary/aromatic N) is 2. The maximum absolute atomic E-state index is 2.60. The van der Waals surface area contributed by atoms with Gasteiger partial charge in [-0.25, -0.2) is 0 Å². The minimum atomic E-state index is -1.94. The third kappa shape index (κ3) is 4.23. The van der Waals surface area contributed by atoms with Crippen LogP contribution in [-0.2, 0) is 6.42 Å². The monoisotopic (exact) mass is 698 g/mol. The van der Waals surface area contributed by atoms with Crippen LogP contribution in [-0.4, -0.2) is 10.1 Å². The minimum Gasteiger partial charge on any atom is -0.331 e. The van der Waals surface area contributed by atoms with Gasteiger partial charge in [-0.1, -0.05) is 127 Å². The Balaban J connectivity index is 1.20. The Morgan fingerprint density at radius 1 is 0.547 bits per heavy atom. The lowest BCUT2D eigenvalue weighted by Crippen LogP contribution is -2.42. The Kier molecular flexibility index (Phi) is 6.63. The van der Waals surface area contributed by atoms with Crippen molar-refractivity contribution in [3.8, 4) is 5.69 Å². The fourth-order valence-electron chi connectivity index (χ4n) is 9.68. The number of benzene rings is 7. The summed E-state index contributed by atoms with van der Waals surface area (Å²) in [5, 5.41) is 2.56. The van der Waals surface area contributed by atoms with Gasteiger partial charge in [-0.3, -0.25) is 0 Å². The first-order valence-corrected chi connectivity index (χ1v) is 20.2. The Labute approximate surface area is 312 Å². The lowest BCUT2D eigenvalue weighted by molar-refractivity contribution is 0.542. The van der Waals surface area contributed by atoms with E-state index in [0.717, 1.165) is 6.42 Å². The van der Waals surface area contributed by atoms with E-state index in [9.17, 15) is 0 Å². The highest BCUT2D eigenvalue weighted by Crippen LogP contribution is 2.77. The standard InChI is InChI=1S/C50H38N2S/c1-50-31-13-12-25-44(50)43-24-6-9-28-47(43)52(50)38-19-15-21-40(34-38)53(48-29-10-2-16-35(48)32-36-17-3-11-30-49(36)53)39-20-14-18-37(33-39)51-45-26-7-4-22-41(45)42-23-5-8-27-46(42)51/h2-31,33-34,44H,32H2,1H3. The first kappa shape index (κ1) is 30.6. The van der Waals surface area contributed by atoms with Crippen LogP contribution in [0.2, 0.25) is 0 Å². The molecule has 53 heavy (non-hydrogen) atoms. The molecule has 11 rings (SSSR count). The molecule has 0 fully saturated rings. The summed E-state index contributed by atoms with van der Waals surface area (Å²) in [6.45, 7) is 2.40. The SMILES string of the molecule is CC12C=CC=CC1c1ccccc1N2c1cccc(S2(c3cccc(-n4c5ccccc5c5ccccc54)c3)c3ccccc3Cc3ccccc32)c1. The normalized spacial score (nSPS) is 19.8. The van der Waals surface area contributed by atoms with Crippen molar-refractivity contribution in [2.24, 2.45) is 0 Å². The van der Waals surface area contributed by atoms with E-state index in [1.165, 1.54) is 75.1 Å². The molecular weight excluding hydrogens is 661 g/mol. The molecule has 0 radical (unpaired) electrons. The molecule has 0 saturated carbocycles. The Hall–Kier alpha value is -6.03. The highest BCUT2D eigenvalue weighted by molar-refractivity contribution is 8.34. The van der Waals surface area contributed by atoms with Gasteiger partial charge in [0.05, 0.1) is 16.6 Å². The first-order chi connectivity index (χ1) is 26.2. The molecule has 0 spiro atoms. The van der Waals surface area contributed by atoms with Crippen molar-refractivity contribution < 1.29 is 0 Å². The molecule has 0 saturated heterocycles. The van der Waals surface area contributed by atoms with Gasteiger partial charge >= 0.3 is 0 Å². The third-order valence-corrected chi connectivity index (χ3v) is 15.9. The fourth-order valence-corrected chi connectivity index (χ4v) is 14.0. The van der Waals surface area contributed by atoms with Crippen LogP contribution in [0.5, 0.6) is 0 Å². The molecular formula is C50H38N2S. The molecule has 2 unspecified atom stereocenters. The molecule has 2 aliphatic heterocycles. The Morgan fingerprint density at radius 2 is 1.11 bits per heavy atom. The van der Waals surface area contributed by atoms with Crippen molar-refractivity contribution in [1.82, 2.24) is 4.57 Å². The summed E-state index contributed by atoms with van der Waals surface area (Å²) in [6.07, 6.45) is 10.1. The van der Waals surface area contributed by atoms with Gasteiger partial charge in [0.15, 0.2) is 0 Å². The van der Waals surface area contributed by atoms with Crippen LogP contribution in [0.4, 0.5) is 11.4 Å². The summed E-state index contributed by atoms with van der Waals surface area (Å²) in [4.78, 5) is 8.16. The van der Waals surface area contributed by atoms with Crippen LogP contribution in [0, 0.1) is 0 Å². The van der Waals surface area contributed by atoms with Gasteiger partial charge in [-0.15, -0.1) is 10.0 Å². The van der Waals surface area contributed by atoms with Crippen LogP contribution in [0.25, 0.3) is 27.5 Å². The van der Waals surface area contributed by atoms with E-state index < -0.39 is 10.0 Å². The lowest BCUT2D eigenvalue weighted by Gasteiger charge is -2.47. The molecule has 0 N–H and O–H groups in total. The molecule has 254 valence electrons. The Morgan fingerprint density at radius 3 is 1.81 bits per heavy atom. The van der Waals surface area contributed by atoms with Gasteiger partial charge in [-0.2, -0.15) is 0 Å². The van der Waals surface area contributed by atoms with Crippen molar-refractivity contribution in [3.63, 3.8) is 0 Å². The molecule has 3 heteroatoms. The lowest BCUT2D eigenvalue weighted by atomic mass is 9.80. The van der Waals surface area contributed by atoms with E-state index in [2.05, 4.69) is 211 Å². The highest BCUT2D eigenvalue weighted by atomic mass is 32.3. The first-order valence-electron chi connectivity index (χ1n) is 18.6. The van der Waals surface area contributed by atoms with E-state index in [1.54, 1.807) is 0 Å². The van der Waals surface area contributed by atoms with Crippen LogP contribution >= 0.6 is 10.0 Å². The fraction of sp³-hybridized carbons (Fsp3) is 0.0800. The zero-order valence-corrected chi connectivity index (χ0v) is 30.4. The summed E-state index contributed by atoms with van der Waals surface area (Å²) in [5.74, 6) is 0.285. The molecule has 3 aliphatic rings. The average molecular weight is 699 g/mol. The summed E-state index contributed by atoms with van der Waals surface area (Å²) in [7, 11) is -1.94. The summed E-state index contributed by atoms with van der Waals surface area (Å²) in [5.41, 5.74) is 10.2. The summed E-state index contributed by atoms with van der Waals surface area (Å²) in [6, 6.07) is 64.1. The number of hydrogen-bond acceptors (Lipinski definition) is 1. The predicted molar refractivity (Wildman–Crippen MR) is 222 cm³/mol.